The van der Waals surface area contributed by atoms with Crippen molar-refractivity contribution in [3.63, 3.8) is 0 Å². The van der Waals surface area contributed by atoms with Crippen molar-refractivity contribution in [1.82, 2.24) is 14.3 Å². The fourth-order valence-corrected chi connectivity index (χ4v) is 1.90. The van der Waals surface area contributed by atoms with Gasteiger partial charge in [-0.05, 0) is 31.2 Å². The summed E-state index contributed by atoms with van der Waals surface area (Å²) in [4.78, 5) is 22.7. The quantitative estimate of drug-likeness (QED) is 0.920. The third-order valence-electron chi connectivity index (χ3n) is 2.63. The van der Waals surface area contributed by atoms with Crippen LogP contribution >= 0.6 is 11.6 Å². The molecular weight excluding hydrogens is 270 g/mol. The molecule has 0 aliphatic heterocycles. The van der Waals surface area contributed by atoms with Crippen LogP contribution in [0.4, 0.5) is 0 Å². The molecule has 1 aromatic heterocycles. The van der Waals surface area contributed by atoms with Crippen molar-refractivity contribution >= 4 is 17.6 Å². The highest BCUT2D eigenvalue weighted by molar-refractivity contribution is 6.30. The van der Waals surface area contributed by atoms with E-state index < -0.39 is 18.2 Å². The molecule has 0 spiro atoms. The third-order valence-corrected chi connectivity index (χ3v) is 2.88. The maximum absolute atomic E-state index is 12.0. The minimum Gasteiger partial charge on any atom is -0.480 e. The highest BCUT2D eigenvalue weighted by Crippen LogP contribution is 2.18. The zero-order valence-corrected chi connectivity index (χ0v) is 11.0. The molecule has 6 nitrogen and oxygen atoms in total. The fourth-order valence-electron chi connectivity index (χ4n) is 1.77. The minimum absolute atomic E-state index is 0.413. The van der Waals surface area contributed by atoms with E-state index in [1.54, 1.807) is 31.2 Å². The van der Waals surface area contributed by atoms with Gasteiger partial charge in [0.15, 0.2) is 5.82 Å². The van der Waals surface area contributed by atoms with Gasteiger partial charge in [-0.3, -0.25) is 9.36 Å². The number of aromatic nitrogens is 3. The van der Waals surface area contributed by atoms with Crippen LogP contribution in [0.25, 0.3) is 11.4 Å². The second-order valence-electron chi connectivity index (χ2n) is 3.91. The van der Waals surface area contributed by atoms with Gasteiger partial charge in [0.05, 0.1) is 0 Å². The molecule has 0 aliphatic rings. The van der Waals surface area contributed by atoms with Crippen molar-refractivity contribution in [2.75, 3.05) is 0 Å². The molecule has 0 fully saturated rings. The van der Waals surface area contributed by atoms with Crippen LogP contribution in [0.2, 0.25) is 5.02 Å². The van der Waals surface area contributed by atoms with E-state index in [0.717, 1.165) is 4.68 Å². The van der Waals surface area contributed by atoms with Crippen molar-refractivity contribution in [3.05, 3.63) is 39.8 Å². The average Bonchev–Trinajstić information content (AvgIpc) is 2.66. The van der Waals surface area contributed by atoms with E-state index in [0.29, 0.717) is 23.0 Å². The van der Waals surface area contributed by atoms with E-state index >= 15 is 0 Å². The van der Waals surface area contributed by atoms with Gasteiger partial charge in [-0.15, -0.1) is 5.10 Å². The SMILES string of the molecule is CCn1c(-c2ccc(Cl)cc2)nn(CC(=O)O)c1=O. The average molecular weight is 282 g/mol. The van der Waals surface area contributed by atoms with Crippen LogP contribution in [0.3, 0.4) is 0 Å². The van der Waals surface area contributed by atoms with Crippen LogP contribution < -0.4 is 5.69 Å². The van der Waals surface area contributed by atoms with Gasteiger partial charge in [0.25, 0.3) is 0 Å². The van der Waals surface area contributed by atoms with Crippen molar-refractivity contribution in [2.45, 2.75) is 20.0 Å². The van der Waals surface area contributed by atoms with E-state index in [4.69, 9.17) is 16.7 Å². The Hall–Kier alpha value is -2.08. The monoisotopic (exact) mass is 281 g/mol. The van der Waals surface area contributed by atoms with E-state index in [9.17, 15) is 9.59 Å². The first-order chi connectivity index (χ1) is 9.02. The van der Waals surface area contributed by atoms with Gasteiger partial charge < -0.3 is 5.11 Å². The summed E-state index contributed by atoms with van der Waals surface area (Å²) in [6, 6.07) is 6.86. The van der Waals surface area contributed by atoms with Crippen molar-refractivity contribution in [3.8, 4) is 11.4 Å². The molecule has 0 radical (unpaired) electrons. The van der Waals surface area contributed by atoms with Crippen LogP contribution in [0.5, 0.6) is 0 Å². The second kappa shape index (κ2) is 5.27. The Morgan fingerprint density at radius 3 is 2.53 bits per heavy atom. The van der Waals surface area contributed by atoms with Gasteiger partial charge >= 0.3 is 11.7 Å². The molecule has 0 amide bonds. The molecule has 19 heavy (non-hydrogen) atoms. The maximum atomic E-state index is 12.0. The lowest BCUT2D eigenvalue weighted by molar-refractivity contribution is -0.137. The summed E-state index contributed by atoms with van der Waals surface area (Å²) in [6.07, 6.45) is 0. The summed E-state index contributed by atoms with van der Waals surface area (Å²) >= 11 is 5.81. The Morgan fingerprint density at radius 1 is 1.37 bits per heavy atom. The number of carboxylic acids is 1. The van der Waals surface area contributed by atoms with E-state index in [2.05, 4.69) is 5.10 Å². The number of hydrogen-bond donors (Lipinski definition) is 1. The Bertz CT molecular complexity index is 658. The smallest absolute Gasteiger partial charge is 0.346 e. The Morgan fingerprint density at radius 2 is 2.00 bits per heavy atom. The molecule has 1 aromatic carbocycles. The van der Waals surface area contributed by atoms with Gasteiger partial charge in [0.2, 0.25) is 0 Å². The number of hydrogen-bond acceptors (Lipinski definition) is 3. The Kier molecular flexibility index (Phi) is 3.71. The molecule has 2 rings (SSSR count). The Labute approximate surface area is 113 Å². The summed E-state index contributed by atoms with van der Waals surface area (Å²) < 4.78 is 2.36. The molecule has 0 unspecified atom stereocenters. The predicted molar refractivity (Wildman–Crippen MR) is 70.2 cm³/mol. The summed E-state index contributed by atoms with van der Waals surface area (Å²) in [5.41, 5.74) is 0.280. The van der Waals surface area contributed by atoms with Crippen molar-refractivity contribution in [1.29, 1.82) is 0 Å². The number of carbonyl (C=O) groups is 1. The van der Waals surface area contributed by atoms with Gasteiger partial charge in [-0.25, -0.2) is 9.48 Å². The highest BCUT2D eigenvalue weighted by Gasteiger charge is 2.15. The van der Waals surface area contributed by atoms with Crippen LogP contribution in [0.1, 0.15) is 6.92 Å². The second-order valence-corrected chi connectivity index (χ2v) is 4.35. The molecule has 0 atom stereocenters. The van der Waals surface area contributed by atoms with Crippen LogP contribution in [0.15, 0.2) is 29.1 Å². The molecule has 2 aromatic rings. The number of halogens is 1. The zero-order valence-electron chi connectivity index (χ0n) is 10.2. The lowest BCUT2D eigenvalue weighted by Gasteiger charge is -2.01. The van der Waals surface area contributed by atoms with Gasteiger partial charge in [-0.1, -0.05) is 11.6 Å². The first-order valence-electron chi connectivity index (χ1n) is 5.68. The standard InChI is InChI=1S/C12H12ClN3O3/c1-2-15-11(8-3-5-9(13)6-4-8)14-16(12(15)19)7-10(17)18/h3-6H,2,7H2,1H3,(H,17,18). The highest BCUT2D eigenvalue weighted by atomic mass is 35.5. The molecule has 0 aliphatic carbocycles. The molecule has 0 bridgehead atoms. The minimum atomic E-state index is -1.11. The normalized spacial score (nSPS) is 10.6. The third kappa shape index (κ3) is 2.68. The van der Waals surface area contributed by atoms with Crippen molar-refractivity contribution in [2.24, 2.45) is 0 Å². The first-order valence-corrected chi connectivity index (χ1v) is 6.06. The molecule has 7 heteroatoms. The number of nitrogens with zero attached hydrogens (tertiary/aromatic N) is 3. The topological polar surface area (TPSA) is 77.1 Å². The molecule has 0 saturated heterocycles. The number of rotatable bonds is 4. The molecule has 1 heterocycles. The number of benzene rings is 1. The lowest BCUT2D eigenvalue weighted by Crippen LogP contribution is -2.27. The summed E-state index contributed by atoms with van der Waals surface area (Å²) in [7, 11) is 0. The van der Waals surface area contributed by atoms with Crippen LogP contribution in [-0.2, 0) is 17.9 Å². The fraction of sp³-hybridized carbons (Fsp3) is 0.250. The lowest BCUT2D eigenvalue weighted by atomic mass is 10.2. The van der Waals surface area contributed by atoms with Gasteiger partial charge in [-0.2, -0.15) is 0 Å². The molecule has 1 N–H and O–H groups in total. The van der Waals surface area contributed by atoms with Gasteiger partial charge in [0.1, 0.15) is 6.54 Å². The summed E-state index contributed by atoms with van der Waals surface area (Å²) in [6.45, 7) is 1.76. The van der Waals surface area contributed by atoms with E-state index in [-0.39, 0.29) is 0 Å². The molecule has 0 saturated carbocycles. The van der Waals surface area contributed by atoms with E-state index in [1.807, 2.05) is 0 Å². The van der Waals surface area contributed by atoms with Crippen LogP contribution in [-0.4, -0.2) is 25.4 Å². The maximum Gasteiger partial charge on any atom is 0.346 e. The van der Waals surface area contributed by atoms with Gasteiger partial charge in [0, 0.05) is 17.1 Å². The molecule has 100 valence electrons. The summed E-state index contributed by atoms with van der Waals surface area (Å²) in [5.74, 6) is -0.670. The number of carboxylic acid groups (broad SMARTS) is 1. The zero-order chi connectivity index (χ0) is 14.0. The van der Waals surface area contributed by atoms with E-state index in [1.165, 1.54) is 4.57 Å². The summed E-state index contributed by atoms with van der Waals surface area (Å²) in [5, 5.41) is 13.4. The Balaban J connectivity index is 2.53. The largest absolute Gasteiger partial charge is 0.480 e. The predicted octanol–water partition coefficient (Wildman–Crippen LogP) is 1.47. The number of aliphatic carboxylic acids is 1. The van der Waals surface area contributed by atoms with Crippen LogP contribution in [0, 0.1) is 0 Å². The molecular formula is C12H12ClN3O3. The van der Waals surface area contributed by atoms with Crippen molar-refractivity contribution < 1.29 is 9.90 Å². The first kappa shape index (κ1) is 13.4.